The molecule has 68 valence electrons. The first-order valence-corrected chi connectivity index (χ1v) is 5.33. The van der Waals surface area contributed by atoms with Crippen LogP contribution in [0.15, 0.2) is 5.38 Å². The maximum atomic E-state index is 8.59. The van der Waals surface area contributed by atoms with Gasteiger partial charge in [-0.1, -0.05) is 0 Å². The van der Waals surface area contributed by atoms with Crippen LogP contribution in [0.4, 0.5) is 0 Å². The Balaban J connectivity index is 1.97. The van der Waals surface area contributed by atoms with Gasteiger partial charge in [-0.3, -0.25) is 4.90 Å². The molecule has 0 aromatic carbocycles. The van der Waals surface area contributed by atoms with Gasteiger partial charge in [0.25, 0.3) is 0 Å². The molecule has 1 aliphatic heterocycles. The van der Waals surface area contributed by atoms with Gasteiger partial charge in [0.2, 0.25) is 0 Å². The average Bonchev–Trinajstić information content (AvgIpc) is 2.76. The van der Waals surface area contributed by atoms with Gasteiger partial charge in [0.05, 0.1) is 6.54 Å². The molecule has 1 aromatic rings. The second kappa shape index (κ2) is 3.86. The molecule has 0 bridgehead atoms. The quantitative estimate of drug-likeness (QED) is 0.716. The van der Waals surface area contributed by atoms with Gasteiger partial charge >= 0.3 is 0 Å². The van der Waals surface area contributed by atoms with Gasteiger partial charge in [-0.15, -0.1) is 11.3 Å². The normalized spacial score (nSPS) is 17.5. The van der Waals surface area contributed by atoms with E-state index in [1.54, 1.807) is 11.3 Å². The summed E-state index contributed by atoms with van der Waals surface area (Å²) in [7, 11) is 0. The molecule has 0 aliphatic carbocycles. The minimum Gasteiger partial charge on any atom is -0.297 e. The number of aromatic nitrogens is 1. The second-order valence-corrected chi connectivity index (χ2v) is 4.16. The predicted octanol–water partition coefficient (Wildman–Crippen LogP) is 1.61. The standard InChI is InChI=1S/C9H11N3S/c10-5-8-7-13-9(11-8)6-12-3-1-2-4-12/h7H,1-4,6H2. The second-order valence-electron chi connectivity index (χ2n) is 3.22. The lowest BCUT2D eigenvalue weighted by atomic mass is 10.4. The Morgan fingerprint density at radius 3 is 2.92 bits per heavy atom. The fourth-order valence-corrected chi connectivity index (χ4v) is 2.33. The van der Waals surface area contributed by atoms with Crippen LogP contribution in [-0.2, 0) is 6.54 Å². The Labute approximate surface area is 81.6 Å². The SMILES string of the molecule is N#Cc1csc(CN2CCCC2)n1. The smallest absolute Gasteiger partial charge is 0.151 e. The highest BCUT2D eigenvalue weighted by atomic mass is 32.1. The molecule has 13 heavy (non-hydrogen) atoms. The van der Waals surface area contributed by atoms with Crippen LogP contribution < -0.4 is 0 Å². The molecule has 0 saturated carbocycles. The molecule has 1 aliphatic rings. The van der Waals surface area contributed by atoms with E-state index in [9.17, 15) is 0 Å². The van der Waals surface area contributed by atoms with Crippen molar-refractivity contribution in [2.75, 3.05) is 13.1 Å². The van der Waals surface area contributed by atoms with Crippen LogP contribution in [0, 0.1) is 11.3 Å². The highest BCUT2D eigenvalue weighted by Crippen LogP contribution is 2.15. The first-order chi connectivity index (χ1) is 6.38. The van der Waals surface area contributed by atoms with Crippen LogP contribution in [0.5, 0.6) is 0 Å². The van der Waals surface area contributed by atoms with Crippen LogP contribution in [0.25, 0.3) is 0 Å². The van der Waals surface area contributed by atoms with Gasteiger partial charge in [0, 0.05) is 5.38 Å². The lowest BCUT2D eigenvalue weighted by Gasteiger charge is -2.11. The third-order valence-corrected chi connectivity index (χ3v) is 3.06. The fourth-order valence-electron chi connectivity index (χ4n) is 1.57. The largest absolute Gasteiger partial charge is 0.297 e. The maximum absolute atomic E-state index is 8.59. The zero-order valence-electron chi connectivity index (χ0n) is 7.36. The molecule has 0 radical (unpaired) electrons. The Kier molecular flexibility index (Phi) is 2.57. The number of hydrogen-bond donors (Lipinski definition) is 0. The van der Waals surface area contributed by atoms with Crippen LogP contribution >= 0.6 is 11.3 Å². The van der Waals surface area contributed by atoms with E-state index in [0.717, 1.165) is 11.6 Å². The number of nitriles is 1. The number of nitrogens with zero attached hydrogens (tertiary/aromatic N) is 3. The molecule has 0 unspecified atom stereocenters. The molecule has 2 heterocycles. The number of hydrogen-bond acceptors (Lipinski definition) is 4. The van der Waals surface area contributed by atoms with E-state index in [2.05, 4.69) is 16.0 Å². The van der Waals surface area contributed by atoms with Crippen LogP contribution in [0.3, 0.4) is 0 Å². The minimum atomic E-state index is 0.555. The molecular formula is C9H11N3S. The molecule has 3 nitrogen and oxygen atoms in total. The van der Waals surface area contributed by atoms with Crippen molar-refractivity contribution in [3.8, 4) is 6.07 Å². The molecule has 1 aromatic heterocycles. The molecule has 0 atom stereocenters. The summed E-state index contributed by atoms with van der Waals surface area (Å²) < 4.78 is 0. The van der Waals surface area contributed by atoms with Crippen molar-refractivity contribution < 1.29 is 0 Å². The van der Waals surface area contributed by atoms with E-state index >= 15 is 0 Å². The summed E-state index contributed by atoms with van der Waals surface area (Å²) in [5, 5.41) is 11.5. The third-order valence-electron chi connectivity index (χ3n) is 2.22. The summed E-state index contributed by atoms with van der Waals surface area (Å²) in [6.45, 7) is 3.29. The molecule has 2 rings (SSSR count). The van der Waals surface area contributed by atoms with Crippen molar-refractivity contribution in [1.29, 1.82) is 5.26 Å². The topological polar surface area (TPSA) is 39.9 Å². The van der Waals surface area contributed by atoms with Gasteiger partial charge in [0.15, 0.2) is 5.69 Å². The summed E-state index contributed by atoms with van der Waals surface area (Å²) in [6.07, 6.45) is 2.60. The Morgan fingerprint density at radius 1 is 1.54 bits per heavy atom. The van der Waals surface area contributed by atoms with Gasteiger partial charge in [-0.25, -0.2) is 4.98 Å². The van der Waals surface area contributed by atoms with Crippen molar-refractivity contribution in [1.82, 2.24) is 9.88 Å². The summed E-state index contributed by atoms with van der Waals surface area (Å²) in [4.78, 5) is 6.60. The summed E-state index contributed by atoms with van der Waals surface area (Å²) >= 11 is 1.59. The monoisotopic (exact) mass is 193 g/mol. The summed E-state index contributed by atoms with van der Waals surface area (Å²) in [6, 6.07) is 2.05. The van der Waals surface area contributed by atoms with Crippen LogP contribution in [-0.4, -0.2) is 23.0 Å². The minimum absolute atomic E-state index is 0.555. The Morgan fingerprint density at radius 2 is 2.31 bits per heavy atom. The van der Waals surface area contributed by atoms with E-state index in [-0.39, 0.29) is 0 Å². The lowest BCUT2D eigenvalue weighted by molar-refractivity contribution is 0.331. The van der Waals surface area contributed by atoms with Gasteiger partial charge in [-0.2, -0.15) is 5.26 Å². The molecule has 1 fully saturated rings. The first-order valence-electron chi connectivity index (χ1n) is 4.45. The average molecular weight is 193 g/mol. The van der Waals surface area contributed by atoms with Gasteiger partial charge in [0.1, 0.15) is 11.1 Å². The van der Waals surface area contributed by atoms with E-state index in [0.29, 0.717) is 5.69 Å². The summed E-state index contributed by atoms with van der Waals surface area (Å²) in [5.41, 5.74) is 0.555. The molecule has 1 saturated heterocycles. The van der Waals surface area contributed by atoms with Crippen molar-refractivity contribution in [2.24, 2.45) is 0 Å². The summed E-state index contributed by atoms with van der Waals surface area (Å²) in [5.74, 6) is 0. The molecule has 0 amide bonds. The zero-order valence-corrected chi connectivity index (χ0v) is 8.18. The number of thiazole rings is 1. The van der Waals surface area contributed by atoms with E-state index in [1.807, 2.05) is 5.38 Å². The van der Waals surface area contributed by atoms with Crippen molar-refractivity contribution in [3.05, 3.63) is 16.1 Å². The Hall–Kier alpha value is -0.920. The van der Waals surface area contributed by atoms with Crippen molar-refractivity contribution in [2.45, 2.75) is 19.4 Å². The Bertz CT molecular complexity index is 320. The predicted molar refractivity (Wildman–Crippen MR) is 51.3 cm³/mol. The highest BCUT2D eigenvalue weighted by Gasteiger charge is 2.13. The van der Waals surface area contributed by atoms with E-state index < -0.39 is 0 Å². The van der Waals surface area contributed by atoms with E-state index in [1.165, 1.54) is 25.9 Å². The van der Waals surface area contributed by atoms with Crippen molar-refractivity contribution in [3.63, 3.8) is 0 Å². The molecule has 4 heteroatoms. The highest BCUT2D eigenvalue weighted by molar-refractivity contribution is 7.09. The van der Waals surface area contributed by atoms with Crippen LogP contribution in [0.2, 0.25) is 0 Å². The molecular weight excluding hydrogens is 182 g/mol. The van der Waals surface area contributed by atoms with Gasteiger partial charge in [-0.05, 0) is 25.9 Å². The molecule has 0 spiro atoms. The number of likely N-dealkylation sites (tertiary alicyclic amines) is 1. The molecule has 0 N–H and O–H groups in total. The van der Waals surface area contributed by atoms with E-state index in [4.69, 9.17) is 5.26 Å². The third kappa shape index (κ3) is 2.06. The lowest BCUT2D eigenvalue weighted by Crippen LogP contribution is -2.18. The zero-order chi connectivity index (χ0) is 9.10. The fraction of sp³-hybridized carbons (Fsp3) is 0.556. The maximum Gasteiger partial charge on any atom is 0.151 e. The first kappa shape index (κ1) is 8.67. The van der Waals surface area contributed by atoms with Gasteiger partial charge < -0.3 is 0 Å². The van der Waals surface area contributed by atoms with Crippen LogP contribution in [0.1, 0.15) is 23.5 Å². The number of rotatable bonds is 2. The van der Waals surface area contributed by atoms with Crippen molar-refractivity contribution >= 4 is 11.3 Å².